The molecule has 3 aromatic rings. The Hall–Kier alpha value is -3.01. The molecule has 3 rings (SSSR count). The van der Waals surface area contributed by atoms with Gasteiger partial charge in [-0.2, -0.15) is 0 Å². The smallest absolute Gasteiger partial charge is 0.221 e. The molecule has 0 fully saturated rings. The maximum absolute atomic E-state index is 6.02. The molecular formula is C19H18N2O2. The lowest BCUT2D eigenvalue weighted by Gasteiger charge is -2.11. The number of hydrogen-bond donors (Lipinski definition) is 1. The second kappa shape index (κ2) is 6.83. The Kier molecular flexibility index (Phi) is 4.43. The summed E-state index contributed by atoms with van der Waals surface area (Å²) in [4.78, 5) is 4.22. The summed E-state index contributed by atoms with van der Waals surface area (Å²) in [7, 11) is 1.60. The van der Waals surface area contributed by atoms with E-state index >= 15 is 0 Å². The number of nitrogen functional groups attached to an aromatic ring is 1. The number of nitrogens with zero attached hydrogens (tertiary/aromatic N) is 1. The van der Waals surface area contributed by atoms with Crippen LogP contribution in [-0.4, -0.2) is 12.1 Å². The van der Waals surface area contributed by atoms with Crippen molar-refractivity contribution in [3.05, 3.63) is 72.4 Å². The van der Waals surface area contributed by atoms with Crippen LogP contribution in [0.15, 0.2) is 66.9 Å². The van der Waals surface area contributed by atoms with Gasteiger partial charge in [0.2, 0.25) is 5.88 Å². The first kappa shape index (κ1) is 14.9. The number of hydrogen-bond acceptors (Lipinski definition) is 4. The molecule has 2 N–H and O–H groups in total. The Labute approximate surface area is 135 Å². The summed E-state index contributed by atoms with van der Waals surface area (Å²) in [5.41, 5.74) is 9.55. The molecule has 2 aromatic carbocycles. The summed E-state index contributed by atoms with van der Waals surface area (Å²) in [5, 5.41) is 0. The molecular weight excluding hydrogens is 288 g/mol. The Morgan fingerprint density at radius 2 is 1.83 bits per heavy atom. The van der Waals surface area contributed by atoms with Gasteiger partial charge in [0, 0.05) is 23.5 Å². The lowest BCUT2D eigenvalue weighted by atomic mass is 10.1. The second-order valence-corrected chi connectivity index (χ2v) is 5.13. The summed E-state index contributed by atoms with van der Waals surface area (Å²) >= 11 is 0. The molecule has 0 aliphatic carbocycles. The number of ether oxygens (including phenoxy) is 2. The average Bonchev–Trinajstić information content (AvgIpc) is 2.60. The minimum absolute atomic E-state index is 0.494. The fraction of sp³-hybridized carbons (Fsp3) is 0.105. The topological polar surface area (TPSA) is 57.4 Å². The van der Waals surface area contributed by atoms with Crippen LogP contribution in [-0.2, 0) is 6.61 Å². The summed E-state index contributed by atoms with van der Waals surface area (Å²) in [5.74, 6) is 1.28. The van der Waals surface area contributed by atoms with Crippen LogP contribution in [0.25, 0.3) is 11.1 Å². The van der Waals surface area contributed by atoms with Crippen LogP contribution in [0.3, 0.4) is 0 Å². The SMILES string of the molecule is COc1ncccc1-c1cc(N)cc(OCc2ccccc2)c1. The van der Waals surface area contributed by atoms with Gasteiger partial charge < -0.3 is 15.2 Å². The molecule has 4 nitrogen and oxygen atoms in total. The van der Waals surface area contributed by atoms with E-state index in [0.717, 1.165) is 22.4 Å². The van der Waals surface area contributed by atoms with Gasteiger partial charge in [0.25, 0.3) is 0 Å². The number of rotatable bonds is 5. The quantitative estimate of drug-likeness (QED) is 0.726. The normalized spacial score (nSPS) is 10.3. The maximum Gasteiger partial charge on any atom is 0.221 e. The minimum Gasteiger partial charge on any atom is -0.489 e. The van der Waals surface area contributed by atoms with Crippen molar-refractivity contribution in [1.82, 2.24) is 4.98 Å². The summed E-state index contributed by atoms with van der Waals surface area (Å²) in [6.45, 7) is 0.494. The highest BCUT2D eigenvalue weighted by Gasteiger charge is 2.09. The third-order valence-electron chi connectivity index (χ3n) is 3.45. The lowest BCUT2D eigenvalue weighted by Crippen LogP contribution is -1.97. The van der Waals surface area contributed by atoms with Crippen molar-refractivity contribution >= 4 is 5.69 Å². The van der Waals surface area contributed by atoms with Crippen molar-refractivity contribution in [2.45, 2.75) is 6.61 Å². The maximum atomic E-state index is 6.02. The summed E-state index contributed by atoms with van der Waals surface area (Å²) in [6, 6.07) is 19.5. The van der Waals surface area contributed by atoms with Crippen molar-refractivity contribution in [2.75, 3.05) is 12.8 Å². The van der Waals surface area contributed by atoms with Gasteiger partial charge in [-0.15, -0.1) is 0 Å². The molecule has 0 bridgehead atoms. The first-order valence-corrected chi connectivity index (χ1v) is 7.33. The van der Waals surface area contributed by atoms with E-state index in [0.29, 0.717) is 18.2 Å². The zero-order valence-corrected chi connectivity index (χ0v) is 12.9. The zero-order valence-electron chi connectivity index (χ0n) is 12.9. The number of pyridine rings is 1. The Morgan fingerprint density at radius 1 is 1.00 bits per heavy atom. The first-order valence-electron chi connectivity index (χ1n) is 7.33. The molecule has 0 atom stereocenters. The number of nitrogens with two attached hydrogens (primary N) is 1. The van der Waals surface area contributed by atoms with Crippen molar-refractivity contribution in [3.8, 4) is 22.8 Å². The molecule has 0 saturated carbocycles. The largest absolute Gasteiger partial charge is 0.489 e. The van der Waals surface area contributed by atoms with Gasteiger partial charge >= 0.3 is 0 Å². The van der Waals surface area contributed by atoms with Crippen molar-refractivity contribution in [3.63, 3.8) is 0 Å². The molecule has 116 valence electrons. The van der Waals surface area contributed by atoms with Gasteiger partial charge in [-0.3, -0.25) is 0 Å². The monoisotopic (exact) mass is 306 g/mol. The zero-order chi connectivity index (χ0) is 16.1. The van der Waals surface area contributed by atoms with E-state index in [2.05, 4.69) is 4.98 Å². The standard InChI is InChI=1S/C19H18N2O2/c1-22-19-18(8-5-9-21-19)15-10-16(20)12-17(11-15)23-13-14-6-3-2-4-7-14/h2-12H,13,20H2,1H3. The van der Waals surface area contributed by atoms with Gasteiger partial charge in [0.15, 0.2) is 0 Å². The fourth-order valence-corrected chi connectivity index (χ4v) is 2.38. The molecule has 0 saturated heterocycles. The van der Waals surface area contributed by atoms with Crippen molar-refractivity contribution < 1.29 is 9.47 Å². The molecule has 0 spiro atoms. The molecule has 0 aliphatic heterocycles. The van der Waals surface area contributed by atoms with E-state index in [1.165, 1.54) is 0 Å². The molecule has 0 aliphatic rings. The molecule has 0 unspecified atom stereocenters. The third-order valence-corrected chi connectivity index (χ3v) is 3.45. The number of benzene rings is 2. The van der Waals surface area contributed by atoms with Gasteiger partial charge in [-0.25, -0.2) is 4.98 Å². The van der Waals surface area contributed by atoms with Crippen LogP contribution in [0.5, 0.6) is 11.6 Å². The van der Waals surface area contributed by atoms with Gasteiger partial charge in [0.1, 0.15) is 12.4 Å². The minimum atomic E-state index is 0.494. The van der Waals surface area contributed by atoms with E-state index in [1.807, 2.05) is 60.7 Å². The predicted molar refractivity (Wildman–Crippen MR) is 91.4 cm³/mol. The van der Waals surface area contributed by atoms with Crippen LogP contribution < -0.4 is 15.2 Å². The summed E-state index contributed by atoms with van der Waals surface area (Å²) < 4.78 is 11.2. The van der Waals surface area contributed by atoms with E-state index in [-0.39, 0.29) is 0 Å². The van der Waals surface area contributed by atoms with E-state index in [9.17, 15) is 0 Å². The Bertz CT molecular complexity index is 788. The Morgan fingerprint density at radius 3 is 2.61 bits per heavy atom. The number of methoxy groups -OCH3 is 1. The molecule has 1 aromatic heterocycles. The highest BCUT2D eigenvalue weighted by molar-refractivity contribution is 5.73. The molecule has 0 amide bonds. The van der Waals surface area contributed by atoms with Crippen LogP contribution in [0.1, 0.15) is 5.56 Å². The van der Waals surface area contributed by atoms with Crippen LogP contribution in [0, 0.1) is 0 Å². The lowest BCUT2D eigenvalue weighted by molar-refractivity contribution is 0.306. The van der Waals surface area contributed by atoms with E-state index < -0.39 is 0 Å². The molecule has 4 heteroatoms. The van der Waals surface area contributed by atoms with Gasteiger partial charge in [0.05, 0.1) is 7.11 Å². The second-order valence-electron chi connectivity index (χ2n) is 5.13. The molecule has 1 heterocycles. The van der Waals surface area contributed by atoms with Crippen LogP contribution in [0.2, 0.25) is 0 Å². The van der Waals surface area contributed by atoms with Crippen molar-refractivity contribution in [1.29, 1.82) is 0 Å². The number of aromatic nitrogens is 1. The molecule has 0 radical (unpaired) electrons. The predicted octanol–water partition coefficient (Wildman–Crippen LogP) is 3.92. The van der Waals surface area contributed by atoms with Crippen LogP contribution >= 0.6 is 0 Å². The van der Waals surface area contributed by atoms with Gasteiger partial charge in [-0.05, 0) is 35.4 Å². The Balaban J connectivity index is 1.87. The van der Waals surface area contributed by atoms with Gasteiger partial charge in [-0.1, -0.05) is 30.3 Å². The van der Waals surface area contributed by atoms with Crippen LogP contribution in [0.4, 0.5) is 5.69 Å². The highest BCUT2D eigenvalue weighted by Crippen LogP contribution is 2.32. The van der Waals surface area contributed by atoms with E-state index in [4.69, 9.17) is 15.2 Å². The van der Waals surface area contributed by atoms with Crippen molar-refractivity contribution in [2.24, 2.45) is 0 Å². The highest BCUT2D eigenvalue weighted by atomic mass is 16.5. The number of anilines is 1. The summed E-state index contributed by atoms with van der Waals surface area (Å²) in [6.07, 6.45) is 1.70. The third kappa shape index (κ3) is 3.61. The van der Waals surface area contributed by atoms with E-state index in [1.54, 1.807) is 13.3 Å². The average molecular weight is 306 g/mol. The first-order chi connectivity index (χ1) is 11.3. The molecule has 23 heavy (non-hydrogen) atoms. The fourth-order valence-electron chi connectivity index (χ4n) is 2.38.